The molecule has 2 rings (SSSR count). The van der Waals surface area contributed by atoms with E-state index in [1.54, 1.807) is 11.8 Å². The summed E-state index contributed by atoms with van der Waals surface area (Å²) in [7, 11) is 1.41. The Kier molecular flexibility index (Phi) is 6.71. The zero-order valence-corrected chi connectivity index (χ0v) is 17.3. The summed E-state index contributed by atoms with van der Waals surface area (Å²) in [5.74, 6) is -0.161. The lowest BCUT2D eigenvalue weighted by atomic mass is 9.97. The van der Waals surface area contributed by atoms with Crippen LogP contribution in [0.5, 0.6) is 0 Å². The Labute approximate surface area is 161 Å². The highest BCUT2D eigenvalue weighted by molar-refractivity contribution is 8.00. The third-order valence-electron chi connectivity index (χ3n) is 3.33. The summed E-state index contributed by atoms with van der Waals surface area (Å²) in [4.78, 5) is 16.8. The molecule has 0 aliphatic carbocycles. The standard InChI is InChI=1S/C17H22ClN3O2S2/c1-10(8-14(22)23-5)11-6-7-13(24-17(2,3)4)12(9-11)19-16-20-15(18)21-25-16/h6-7,9-10H,8H2,1-5H3,(H,19,20,21). The second-order valence-electron chi connectivity index (χ2n) is 6.64. The van der Waals surface area contributed by atoms with Gasteiger partial charge in [0.15, 0.2) is 0 Å². The van der Waals surface area contributed by atoms with E-state index in [-0.39, 0.29) is 21.9 Å². The van der Waals surface area contributed by atoms with Crippen LogP contribution >= 0.6 is 34.9 Å². The average molecular weight is 400 g/mol. The van der Waals surface area contributed by atoms with Crippen molar-refractivity contribution in [2.45, 2.75) is 49.7 Å². The summed E-state index contributed by atoms with van der Waals surface area (Å²) in [6, 6.07) is 6.18. The van der Waals surface area contributed by atoms with Crippen molar-refractivity contribution in [1.29, 1.82) is 0 Å². The molecule has 0 spiro atoms. The Hall–Kier alpha value is -1.31. The first-order chi connectivity index (χ1) is 11.7. The normalized spacial score (nSPS) is 12.7. The smallest absolute Gasteiger partial charge is 0.306 e. The first-order valence-corrected chi connectivity index (χ1v) is 9.80. The van der Waals surface area contributed by atoms with Gasteiger partial charge in [0, 0.05) is 21.2 Å². The van der Waals surface area contributed by atoms with Crippen LogP contribution in [0.2, 0.25) is 5.28 Å². The Balaban J connectivity index is 2.32. The number of esters is 1. The number of rotatable bonds is 6. The predicted octanol–water partition coefficient (Wildman–Crippen LogP) is 5.49. The highest BCUT2D eigenvalue weighted by Gasteiger charge is 2.18. The summed E-state index contributed by atoms with van der Waals surface area (Å²) in [6.45, 7) is 8.50. The Morgan fingerprint density at radius 3 is 2.72 bits per heavy atom. The molecule has 0 amide bonds. The molecule has 5 nitrogen and oxygen atoms in total. The fraction of sp³-hybridized carbons (Fsp3) is 0.471. The van der Waals surface area contributed by atoms with Crippen molar-refractivity contribution in [3.05, 3.63) is 29.0 Å². The van der Waals surface area contributed by atoms with Gasteiger partial charge in [0.25, 0.3) is 0 Å². The van der Waals surface area contributed by atoms with Gasteiger partial charge >= 0.3 is 5.97 Å². The first-order valence-electron chi connectivity index (χ1n) is 7.84. The van der Waals surface area contributed by atoms with E-state index in [2.05, 4.69) is 53.6 Å². The number of nitrogens with zero attached hydrogens (tertiary/aromatic N) is 2. The Morgan fingerprint density at radius 2 is 2.16 bits per heavy atom. The Bertz CT molecular complexity index is 744. The number of carbonyl (C=O) groups is 1. The van der Waals surface area contributed by atoms with Crippen LogP contribution in [0.1, 0.15) is 45.6 Å². The number of anilines is 2. The van der Waals surface area contributed by atoms with Gasteiger partial charge in [0.2, 0.25) is 10.4 Å². The van der Waals surface area contributed by atoms with Gasteiger partial charge in [0.1, 0.15) is 0 Å². The number of nitrogens with one attached hydrogen (secondary N) is 1. The van der Waals surface area contributed by atoms with E-state index in [4.69, 9.17) is 16.3 Å². The van der Waals surface area contributed by atoms with Crippen molar-refractivity contribution >= 4 is 51.7 Å². The number of hydrogen-bond acceptors (Lipinski definition) is 7. The predicted molar refractivity (Wildman–Crippen MR) is 105 cm³/mol. The minimum atomic E-state index is -0.217. The molecule has 136 valence electrons. The van der Waals surface area contributed by atoms with Crippen LogP contribution in [0.25, 0.3) is 0 Å². The average Bonchev–Trinajstić information content (AvgIpc) is 2.92. The van der Waals surface area contributed by atoms with Crippen LogP contribution in [-0.2, 0) is 9.53 Å². The third kappa shape index (κ3) is 6.17. The number of hydrogen-bond donors (Lipinski definition) is 1. The van der Waals surface area contributed by atoms with Gasteiger partial charge in [0.05, 0.1) is 19.2 Å². The molecular formula is C17H22ClN3O2S2. The topological polar surface area (TPSA) is 64.1 Å². The van der Waals surface area contributed by atoms with E-state index in [9.17, 15) is 4.79 Å². The van der Waals surface area contributed by atoms with Crippen LogP contribution in [0.4, 0.5) is 10.8 Å². The third-order valence-corrected chi connectivity index (χ3v) is 5.42. The summed E-state index contributed by atoms with van der Waals surface area (Å²) in [5, 5.41) is 4.17. The maximum Gasteiger partial charge on any atom is 0.306 e. The monoisotopic (exact) mass is 399 g/mol. The van der Waals surface area contributed by atoms with Crippen LogP contribution in [0, 0.1) is 0 Å². The van der Waals surface area contributed by atoms with E-state index in [0.717, 1.165) is 16.1 Å². The summed E-state index contributed by atoms with van der Waals surface area (Å²) >= 11 is 8.79. The second-order valence-corrected chi connectivity index (χ2v) is 9.60. The Morgan fingerprint density at radius 1 is 1.44 bits per heavy atom. The van der Waals surface area contributed by atoms with Crippen molar-refractivity contribution in [2.75, 3.05) is 12.4 Å². The molecule has 1 unspecified atom stereocenters. The van der Waals surface area contributed by atoms with Crippen molar-refractivity contribution < 1.29 is 9.53 Å². The van der Waals surface area contributed by atoms with Crippen LogP contribution in [0.3, 0.4) is 0 Å². The summed E-state index contributed by atoms with van der Waals surface area (Å²) in [5.41, 5.74) is 1.99. The molecule has 8 heteroatoms. The number of carbonyl (C=O) groups excluding carboxylic acids is 1. The quantitative estimate of drug-likeness (QED) is 0.511. The first kappa shape index (κ1) is 20.0. The van der Waals surface area contributed by atoms with Crippen LogP contribution in [0.15, 0.2) is 23.1 Å². The number of aromatic nitrogens is 2. The summed E-state index contributed by atoms with van der Waals surface area (Å²) < 4.78 is 8.83. The number of thioether (sulfide) groups is 1. The summed E-state index contributed by atoms with van der Waals surface area (Å²) in [6.07, 6.45) is 0.340. The molecule has 0 radical (unpaired) electrons. The largest absolute Gasteiger partial charge is 0.469 e. The van der Waals surface area contributed by atoms with Gasteiger partial charge in [-0.05, 0) is 35.2 Å². The van der Waals surface area contributed by atoms with Crippen molar-refractivity contribution in [3.8, 4) is 0 Å². The van der Waals surface area contributed by atoms with Gasteiger partial charge in [-0.15, -0.1) is 11.8 Å². The van der Waals surface area contributed by atoms with E-state index in [0.29, 0.717) is 11.6 Å². The van der Waals surface area contributed by atoms with E-state index in [1.807, 2.05) is 6.92 Å². The lowest BCUT2D eigenvalue weighted by molar-refractivity contribution is -0.140. The van der Waals surface area contributed by atoms with Crippen molar-refractivity contribution in [1.82, 2.24) is 9.36 Å². The van der Waals surface area contributed by atoms with E-state index in [1.165, 1.54) is 18.6 Å². The molecule has 1 heterocycles. The lowest BCUT2D eigenvalue weighted by Gasteiger charge is -2.21. The van der Waals surface area contributed by atoms with Gasteiger partial charge in [-0.1, -0.05) is 33.8 Å². The number of halogens is 1. The molecule has 0 aliphatic rings. The van der Waals surface area contributed by atoms with Gasteiger partial charge in [-0.3, -0.25) is 4.79 Å². The minimum absolute atomic E-state index is 0.0553. The number of benzene rings is 1. The molecule has 0 saturated carbocycles. The lowest BCUT2D eigenvalue weighted by Crippen LogP contribution is -2.09. The molecule has 0 bridgehead atoms. The second kappa shape index (κ2) is 8.38. The fourth-order valence-electron chi connectivity index (χ4n) is 2.19. The molecule has 2 aromatic rings. The molecule has 1 aromatic carbocycles. The number of ether oxygens (including phenoxy) is 1. The van der Waals surface area contributed by atoms with Gasteiger partial charge in [-0.2, -0.15) is 9.36 Å². The molecule has 1 aromatic heterocycles. The number of methoxy groups -OCH3 is 1. The van der Waals surface area contributed by atoms with Gasteiger partial charge in [-0.25, -0.2) is 0 Å². The maximum atomic E-state index is 11.6. The molecule has 1 N–H and O–H groups in total. The maximum absolute atomic E-state index is 11.6. The van der Waals surface area contributed by atoms with Crippen LogP contribution < -0.4 is 5.32 Å². The van der Waals surface area contributed by atoms with Crippen molar-refractivity contribution in [2.24, 2.45) is 0 Å². The highest BCUT2D eigenvalue weighted by atomic mass is 35.5. The SMILES string of the molecule is COC(=O)CC(C)c1ccc(SC(C)(C)C)c(Nc2nc(Cl)ns2)c1. The molecule has 25 heavy (non-hydrogen) atoms. The van der Waals surface area contributed by atoms with Crippen molar-refractivity contribution in [3.63, 3.8) is 0 Å². The molecule has 0 saturated heterocycles. The zero-order chi connectivity index (χ0) is 18.6. The van der Waals surface area contributed by atoms with E-state index >= 15 is 0 Å². The fourth-order valence-corrected chi connectivity index (χ4v) is 3.93. The van der Waals surface area contributed by atoms with Gasteiger partial charge < -0.3 is 10.1 Å². The zero-order valence-electron chi connectivity index (χ0n) is 14.9. The highest BCUT2D eigenvalue weighted by Crippen LogP contribution is 2.39. The minimum Gasteiger partial charge on any atom is -0.469 e. The molecular weight excluding hydrogens is 378 g/mol. The molecule has 0 aliphatic heterocycles. The molecule has 0 fully saturated rings. The molecule has 1 atom stereocenters. The van der Waals surface area contributed by atoms with Crippen LogP contribution in [-0.4, -0.2) is 27.2 Å². The van der Waals surface area contributed by atoms with E-state index < -0.39 is 0 Å².